The number of thioether (sulfide) groups is 1. The van der Waals surface area contributed by atoms with E-state index in [9.17, 15) is 0 Å². The van der Waals surface area contributed by atoms with Gasteiger partial charge in [-0.15, -0.1) is 0 Å². The van der Waals surface area contributed by atoms with Crippen LogP contribution < -0.4 is 0 Å². The zero-order valence-electron chi connectivity index (χ0n) is 21.6. The lowest BCUT2D eigenvalue weighted by molar-refractivity contribution is -0.242. The Morgan fingerprint density at radius 3 is 1.39 bits per heavy atom. The van der Waals surface area contributed by atoms with Crippen LogP contribution in [0, 0.1) is 0 Å². The molecule has 1 saturated heterocycles. The second kappa shape index (κ2) is 13.7. The Labute approximate surface area is 229 Å². The van der Waals surface area contributed by atoms with Crippen LogP contribution >= 0.6 is 11.8 Å². The van der Waals surface area contributed by atoms with Crippen molar-refractivity contribution in [3.05, 3.63) is 138 Å². The van der Waals surface area contributed by atoms with E-state index in [0.29, 0.717) is 19.8 Å². The highest BCUT2D eigenvalue weighted by molar-refractivity contribution is 7.99. The predicted molar refractivity (Wildman–Crippen MR) is 152 cm³/mol. The fourth-order valence-electron chi connectivity index (χ4n) is 4.60. The van der Waals surface area contributed by atoms with Crippen molar-refractivity contribution in [3.8, 4) is 0 Å². The van der Waals surface area contributed by atoms with Crippen LogP contribution in [0.2, 0.25) is 0 Å². The molecule has 4 nitrogen and oxygen atoms in total. The summed E-state index contributed by atoms with van der Waals surface area (Å²) in [7, 11) is 0. The largest absolute Gasteiger partial charge is 0.368 e. The van der Waals surface area contributed by atoms with Gasteiger partial charge in [-0.05, 0) is 35.7 Å². The van der Waals surface area contributed by atoms with Gasteiger partial charge in [0.15, 0.2) is 0 Å². The van der Waals surface area contributed by atoms with E-state index in [4.69, 9.17) is 18.9 Å². The molecule has 0 aromatic heterocycles. The average Bonchev–Trinajstić information content (AvgIpc) is 2.97. The van der Waals surface area contributed by atoms with Crippen molar-refractivity contribution < 1.29 is 18.9 Å². The molecule has 0 spiro atoms. The zero-order chi connectivity index (χ0) is 26.0. The van der Waals surface area contributed by atoms with E-state index in [1.807, 2.05) is 72.8 Å². The summed E-state index contributed by atoms with van der Waals surface area (Å²) in [6.45, 7) is 3.48. The molecule has 0 bridgehead atoms. The van der Waals surface area contributed by atoms with Crippen molar-refractivity contribution in [2.75, 3.05) is 0 Å². The molecule has 5 rings (SSSR count). The second-order valence-electron chi connectivity index (χ2n) is 9.42. The molecule has 3 unspecified atom stereocenters. The van der Waals surface area contributed by atoms with Crippen molar-refractivity contribution in [1.82, 2.24) is 0 Å². The van der Waals surface area contributed by atoms with Crippen molar-refractivity contribution in [3.63, 3.8) is 0 Å². The SMILES string of the molecule is CC1O[C@H](Sc2ccccc2)C(OCc2ccccc2)C(OCc2ccccc2)[C@@H]1OCc1ccccc1. The summed E-state index contributed by atoms with van der Waals surface area (Å²) < 4.78 is 26.4. The highest BCUT2D eigenvalue weighted by Gasteiger charge is 2.47. The summed E-state index contributed by atoms with van der Waals surface area (Å²) >= 11 is 1.67. The highest BCUT2D eigenvalue weighted by Crippen LogP contribution is 2.38. The molecule has 4 aromatic rings. The maximum atomic E-state index is 6.67. The van der Waals surface area contributed by atoms with Crippen LogP contribution in [0.15, 0.2) is 126 Å². The molecule has 5 heteroatoms. The van der Waals surface area contributed by atoms with E-state index in [2.05, 4.69) is 55.5 Å². The zero-order valence-corrected chi connectivity index (χ0v) is 22.4. The summed E-state index contributed by atoms with van der Waals surface area (Å²) in [6.07, 6.45) is -1.15. The van der Waals surface area contributed by atoms with Gasteiger partial charge < -0.3 is 18.9 Å². The van der Waals surface area contributed by atoms with Gasteiger partial charge in [-0.25, -0.2) is 0 Å². The van der Waals surface area contributed by atoms with E-state index >= 15 is 0 Å². The maximum absolute atomic E-state index is 6.67. The van der Waals surface area contributed by atoms with E-state index in [1.165, 1.54) is 0 Å². The minimum absolute atomic E-state index is 0.183. The van der Waals surface area contributed by atoms with Crippen LogP contribution in [0.1, 0.15) is 23.6 Å². The smallest absolute Gasteiger partial charge is 0.136 e. The molecule has 1 fully saturated rings. The first-order valence-corrected chi connectivity index (χ1v) is 14.0. The number of rotatable bonds is 11. The molecule has 1 heterocycles. The quantitative estimate of drug-likeness (QED) is 0.205. The Morgan fingerprint density at radius 2 is 0.921 bits per heavy atom. The Bertz CT molecular complexity index is 1210. The summed E-state index contributed by atoms with van der Waals surface area (Å²) in [4.78, 5) is 1.13. The van der Waals surface area contributed by atoms with Crippen LogP contribution in [0.5, 0.6) is 0 Å². The Balaban J connectivity index is 1.41. The number of ether oxygens (including phenoxy) is 4. The molecule has 5 atom stereocenters. The fourth-order valence-corrected chi connectivity index (χ4v) is 5.78. The molecular weight excluding hydrogens is 492 g/mol. The molecule has 0 saturated carbocycles. The molecule has 1 aliphatic heterocycles. The van der Waals surface area contributed by atoms with Crippen molar-refractivity contribution >= 4 is 11.8 Å². The molecule has 196 valence electrons. The fraction of sp³-hybridized carbons (Fsp3) is 0.273. The Hall–Kier alpha value is -2.93. The lowest BCUT2D eigenvalue weighted by Gasteiger charge is -2.45. The van der Waals surface area contributed by atoms with Crippen LogP contribution in [-0.2, 0) is 38.8 Å². The van der Waals surface area contributed by atoms with Crippen LogP contribution in [0.4, 0.5) is 0 Å². The summed E-state index contributed by atoms with van der Waals surface area (Å²) in [6, 6.07) is 41.0. The predicted octanol–water partition coefficient (Wildman–Crippen LogP) is 7.28. The Morgan fingerprint density at radius 1 is 0.526 bits per heavy atom. The minimum Gasteiger partial charge on any atom is -0.368 e. The normalized spacial score (nSPS) is 23.2. The molecule has 4 aromatic carbocycles. The first kappa shape index (κ1) is 26.7. The third-order valence-electron chi connectivity index (χ3n) is 6.58. The van der Waals surface area contributed by atoms with E-state index in [-0.39, 0.29) is 29.9 Å². The topological polar surface area (TPSA) is 36.9 Å². The Kier molecular flexibility index (Phi) is 9.64. The van der Waals surface area contributed by atoms with Gasteiger partial charge in [-0.1, -0.05) is 121 Å². The van der Waals surface area contributed by atoms with Gasteiger partial charge in [0.25, 0.3) is 0 Å². The first-order chi connectivity index (χ1) is 18.8. The summed E-state index contributed by atoms with van der Waals surface area (Å²) in [5, 5.41) is 0. The van der Waals surface area contributed by atoms with Crippen molar-refractivity contribution in [1.29, 1.82) is 0 Å². The molecular formula is C33H34O4S. The monoisotopic (exact) mass is 526 g/mol. The summed E-state index contributed by atoms with van der Waals surface area (Å²) in [5.41, 5.74) is 3.08. The standard InChI is InChI=1S/C33H34O4S/c1-25-30(34-22-26-14-6-2-7-15-26)31(35-23-27-16-8-3-9-17-27)32(36-24-28-18-10-4-11-19-28)33(37-25)38-29-20-12-5-13-21-29/h2-21,25,30-33H,22-24H2,1H3/t25?,30-,31?,32?,33-/m1/s1. The van der Waals surface area contributed by atoms with Crippen molar-refractivity contribution in [2.45, 2.75) is 61.5 Å². The van der Waals surface area contributed by atoms with Gasteiger partial charge in [0, 0.05) is 4.90 Å². The third kappa shape index (κ3) is 7.34. The molecule has 1 aliphatic rings. The van der Waals surface area contributed by atoms with E-state index < -0.39 is 0 Å². The third-order valence-corrected chi connectivity index (χ3v) is 7.73. The van der Waals surface area contributed by atoms with E-state index in [1.54, 1.807) is 11.8 Å². The molecule has 0 radical (unpaired) electrons. The van der Waals surface area contributed by atoms with Gasteiger partial charge in [-0.3, -0.25) is 0 Å². The van der Waals surface area contributed by atoms with Gasteiger partial charge in [0.1, 0.15) is 23.7 Å². The van der Waals surface area contributed by atoms with Gasteiger partial charge in [0.2, 0.25) is 0 Å². The second-order valence-corrected chi connectivity index (χ2v) is 10.6. The molecule has 0 aliphatic carbocycles. The number of hydrogen-bond acceptors (Lipinski definition) is 5. The summed E-state index contributed by atoms with van der Waals surface area (Å²) in [5.74, 6) is 0. The molecule has 0 N–H and O–H groups in total. The lowest BCUT2D eigenvalue weighted by Crippen LogP contribution is -2.58. The molecule has 38 heavy (non-hydrogen) atoms. The number of benzene rings is 4. The van der Waals surface area contributed by atoms with Gasteiger partial charge >= 0.3 is 0 Å². The van der Waals surface area contributed by atoms with Crippen LogP contribution in [0.3, 0.4) is 0 Å². The van der Waals surface area contributed by atoms with Gasteiger partial charge in [0.05, 0.1) is 25.9 Å². The molecule has 0 amide bonds. The van der Waals surface area contributed by atoms with Crippen molar-refractivity contribution in [2.24, 2.45) is 0 Å². The van der Waals surface area contributed by atoms with Crippen LogP contribution in [-0.4, -0.2) is 29.9 Å². The highest BCUT2D eigenvalue weighted by atomic mass is 32.2. The minimum atomic E-state index is -0.346. The average molecular weight is 527 g/mol. The maximum Gasteiger partial charge on any atom is 0.136 e. The number of hydrogen-bond donors (Lipinski definition) is 0. The van der Waals surface area contributed by atoms with Crippen LogP contribution in [0.25, 0.3) is 0 Å². The van der Waals surface area contributed by atoms with E-state index in [0.717, 1.165) is 21.6 Å². The first-order valence-electron chi connectivity index (χ1n) is 13.1. The van der Waals surface area contributed by atoms with Gasteiger partial charge in [-0.2, -0.15) is 0 Å². The lowest BCUT2D eigenvalue weighted by atomic mass is 9.99.